The molecule has 5 heteroatoms. The molecular weight excluding hydrogens is 280 g/mol. The van der Waals surface area contributed by atoms with Crippen LogP contribution in [0.1, 0.15) is 60.8 Å². The molecule has 0 spiro atoms. The lowest BCUT2D eigenvalue weighted by Crippen LogP contribution is -2.52. The van der Waals surface area contributed by atoms with Crippen LogP contribution in [-0.4, -0.2) is 54.5 Å². The van der Waals surface area contributed by atoms with Crippen molar-refractivity contribution < 1.29 is 14.3 Å². The number of methoxy groups -OCH3 is 1. The van der Waals surface area contributed by atoms with E-state index in [4.69, 9.17) is 9.47 Å². The fourth-order valence-electron chi connectivity index (χ4n) is 2.55. The second-order valence-corrected chi connectivity index (χ2v) is 8.22. The molecule has 0 heterocycles. The van der Waals surface area contributed by atoms with Crippen molar-refractivity contribution in [2.75, 3.05) is 26.7 Å². The molecule has 0 unspecified atom stereocenters. The molecule has 1 amide bonds. The molecule has 0 atom stereocenters. The minimum absolute atomic E-state index is 0.0124. The Labute approximate surface area is 135 Å². The van der Waals surface area contributed by atoms with Gasteiger partial charge in [0, 0.05) is 32.3 Å². The van der Waals surface area contributed by atoms with Crippen molar-refractivity contribution in [1.29, 1.82) is 0 Å². The highest BCUT2D eigenvalue weighted by Gasteiger charge is 2.36. The predicted octanol–water partition coefficient (Wildman–Crippen LogP) is 3.18. The molecule has 1 fully saturated rings. The summed E-state index contributed by atoms with van der Waals surface area (Å²) >= 11 is 0. The SMILES string of the molecule is COC1(CNCCN(C(=O)OC(C)(C)C)C(C)(C)C)CCC1. The first-order valence-electron chi connectivity index (χ1n) is 8.26. The van der Waals surface area contributed by atoms with Crippen LogP contribution in [-0.2, 0) is 9.47 Å². The first kappa shape index (κ1) is 19.2. The number of rotatable bonds is 6. The van der Waals surface area contributed by atoms with Crippen LogP contribution in [0.2, 0.25) is 0 Å². The molecule has 1 aliphatic carbocycles. The Hall–Kier alpha value is -0.810. The van der Waals surface area contributed by atoms with Gasteiger partial charge in [-0.1, -0.05) is 0 Å². The van der Waals surface area contributed by atoms with Gasteiger partial charge in [0.1, 0.15) is 5.60 Å². The molecule has 1 aliphatic rings. The smallest absolute Gasteiger partial charge is 0.410 e. The Morgan fingerprint density at radius 1 is 1.18 bits per heavy atom. The topological polar surface area (TPSA) is 50.8 Å². The number of amides is 1. The molecule has 0 bridgehead atoms. The van der Waals surface area contributed by atoms with Crippen LogP contribution >= 0.6 is 0 Å². The highest BCUT2D eigenvalue weighted by atomic mass is 16.6. The molecule has 1 rings (SSSR count). The van der Waals surface area contributed by atoms with E-state index in [1.807, 2.05) is 41.5 Å². The highest BCUT2D eigenvalue weighted by Crippen LogP contribution is 2.34. The predicted molar refractivity (Wildman–Crippen MR) is 89.2 cm³/mol. The van der Waals surface area contributed by atoms with Gasteiger partial charge >= 0.3 is 6.09 Å². The Bertz CT molecular complexity index is 360. The Balaban J connectivity index is 2.47. The third-order valence-electron chi connectivity index (χ3n) is 4.08. The molecule has 0 aromatic rings. The zero-order valence-electron chi connectivity index (χ0n) is 15.4. The van der Waals surface area contributed by atoms with E-state index in [2.05, 4.69) is 5.32 Å². The second-order valence-electron chi connectivity index (χ2n) is 8.22. The monoisotopic (exact) mass is 314 g/mol. The van der Waals surface area contributed by atoms with Crippen LogP contribution in [0.25, 0.3) is 0 Å². The quantitative estimate of drug-likeness (QED) is 0.765. The van der Waals surface area contributed by atoms with Gasteiger partial charge in [-0.25, -0.2) is 4.79 Å². The largest absolute Gasteiger partial charge is 0.444 e. The van der Waals surface area contributed by atoms with Crippen LogP contribution in [0.4, 0.5) is 4.79 Å². The minimum atomic E-state index is -0.472. The molecule has 1 N–H and O–H groups in total. The van der Waals surface area contributed by atoms with Crippen molar-refractivity contribution in [1.82, 2.24) is 10.2 Å². The van der Waals surface area contributed by atoms with Gasteiger partial charge in [-0.05, 0) is 60.8 Å². The molecule has 22 heavy (non-hydrogen) atoms. The summed E-state index contributed by atoms with van der Waals surface area (Å²) < 4.78 is 11.1. The number of hydrogen-bond donors (Lipinski definition) is 1. The third kappa shape index (κ3) is 5.76. The van der Waals surface area contributed by atoms with E-state index in [9.17, 15) is 4.79 Å². The Kier molecular flexibility index (Phi) is 6.27. The van der Waals surface area contributed by atoms with E-state index in [1.54, 1.807) is 12.0 Å². The van der Waals surface area contributed by atoms with Gasteiger partial charge in [-0.2, -0.15) is 0 Å². The average molecular weight is 314 g/mol. The summed E-state index contributed by atoms with van der Waals surface area (Å²) in [6.45, 7) is 14.0. The molecule has 0 radical (unpaired) electrons. The molecule has 0 aliphatic heterocycles. The van der Waals surface area contributed by atoms with Crippen molar-refractivity contribution in [2.45, 2.75) is 77.5 Å². The maximum atomic E-state index is 12.4. The minimum Gasteiger partial charge on any atom is -0.444 e. The number of carbonyl (C=O) groups excluding carboxylic acids is 1. The molecule has 5 nitrogen and oxygen atoms in total. The first-order valence-corrected chi connectivity index (χ1v) is 8.26. The number of nitrogens with one attached hydrogen (secondary N) is 1. The van der Waals surface area contributed by atoms with Gasteiger partial charge in [-0.15, -0.1) is 0 Å². The molecule has 130 valence electrons. The van der Waals surface area contributed by atoms with Gasteiger partial charge in [-0.3, -0.25) is 0 Å². The van der Waals surface area contributed by atoms with E-state index in [1.165, 1.54) is 6.42 Å². The molecule has 0 aromatic carbocycles. The lowest BCUT2D eigenvalue weighted by Gasteiger charge is -2.41. The molecular formula is C17H34N2O3. The van der Waals surface area contributed by atoms with Crippen LogP contribution in [0.15, 0.2) is 0 Å². The van der Waals surface area contributed by atoms with Gasteiger partial charge in [0.25, 0.3) is 0 Å². The summed E-state index contributed by atoms with van der Waals surface area (Å²) in [6.07, 6.45) is 3.21. The van der Waals surface area contributed by atoms with Crippen molar-refractivity contribution in [3.8, 4) is 0 Å². The average Bonchev–Trinajstić information content (AvgIpc) is 2.27. The fraction of sp³-hybridized carbons (Fsp3) is 0.941. The highest BCUT2D eigenvalue weighted by molar-refractivity contribution is 5.69. The van der Waals surface area contributed by atoms with E-state index in [0.717, 1.165) is 25.9 Å². The Morgan fingerprint density at radius 2 is 1.77 bits per heavy atom. The zero-order valence-corrected chi connectivity index (χ0v) is 15.4. The normalized spacial score (nSPS) is 17.8. The van der Waals surface area contributed by atoms with Gasteiger partial charge in [0.05, 0.1) is 5.60 Å². The number of nitrogens with zero attached hydrogens (tertiary/aromatic N) is 1. The summed E-state index contributed by atoms with van der Waals surface area (Å²) in [7, 11) is 1.78. The van der Waals surface area contributed by atoms with E-state index in [-0.39, 0.29) is 17.2 Å². The molecule has 0 aromatic heterocycles. The van der Waals surface area contributed by atoms with Crippen LogP contribution in [0.3, 0.4) is 0 Å². The Morgan fingerprint density at radius 3 is 2.14 bits per heavy atom. The van der Waals surface area contributed by atoms with Gasteiger partial charge in [0.15, 0.2) is 0 Å². The van der Waals surface area contributed by atoms with Crippen LogP contribution in [0, 0.1) is 0 Å². The maximum absolute atomic E-state index is 12.4. The summed E-state index contributed by atoms with van der Waals surface area (Å²) in [5.41, 5.74) is -0.724. The maximum Gasteiger partial charge on any atom is 0.410 e. The standard InChI is InChI=1S/C17H34N2O3/c1-15(2,3)19(14(20)22-16(4,5)6)12-11-18-13-17(21-7)9-8-10-17/h18H,8-13H2,1-7H3. The van der Waals surface area contributed by atoms with Crippen LogP contribution in [0.5, 0.6) is 0 Å². The van der Waals surface area contributed by atoms with Crippen molar-refractivity contribution >= 4 is 6.09 Å². The summed E-state index contributed by atoms with van der Waals surface area (Å²) in [5, 5.41) is 3.42. The summed E-state index contributed by atoms with van der Waals surface area (Å²) in [6, 6.07) is 0. The van der Waals surface area contributed by atoms with E-state index >= 15 is 0 Å². The van der Waals surface area contributed by atoms with Crippen LogP contribution < -0.4 is 5.32 Å². The number of ether oxygens (including phenoxy) is 2. The molecule has 1 saturated carbocycles. The van der Waals surface area contributed by atoms with Crippen molar-refractivity contribution in [3.63, 3.8) is 0 Å². The zero-order chi connectivity index (χ0) is 17.0. The van der Waals surface area contributed by atoms with E-state index < -0.39 is 5.60 Å². The van der Waals surface area contributed by atoms with Gasteiger partial charge < -0.3 is 19.7 Å². The van der Waals surface area contributed by atoms with Crippen molar-refractivity contribution in [2.24, 2.45) is 0 Å². The lowest BCUT2D eigenvalue weighted by molar-refractivity contribution is -0.0695. The number of carbonyl (C=O) groups is 1. The molecule has 0 saturated heterocycles. The number of hydrogen-bond acceptors (Lipinski definition) is 4. The lowest BCUT2D eigenvalue weighted by atomic mass is 9.80. The first-order chi connectivity index (χ1) is 9.99. The third-order valence-corrected chi connectivity index (χ3v) is 4.08. The van der Waals surface area contributed by atoms with Crippen molar-refractivity contribution in [3.05, 3.63) is 0 Å². The van der Waals surface area contributed by atoms with E-state index in [0.29, 0.717) is 6.54 Å². The summed E-state index contributed by atoms with van der Waals surface area (Å²) in [5.74, 6) is 0. The fourth-order valence-corrected chi connectivity index (χ4v) is 2.55. The second kappa shape index (κ2) is 7.18. The summed E-state index contributed by atoms with van der Waals surface area (Å²) in [4.78, 5) is 14.2. The van der Waals surface area contributed by atoms with Gasteiger partial charge in [0.2, 0.25) is 0 Å².